The van der Waals surface area contributed by atoms with Gasteiger partial charge in [0.25, 0.3) is 0 Å². The molecule has 0 aliphatic rings. The largest absolute Gasteiger partial charge is 0.497 e. The molecule has 0 aromatic heterocycles. The first-order valence-electron chi connectivity index (χ1n) is 8.18. The Balaban J connectivity index is 1.91. The third-order valence-corrected chi connectivity index (χ3v) is 4.30. The zero-order valence-corrected chi connectivity index (χ0v) is 15.6. The van der Waals surface area contributed by atoms with Crippen LogP contribution in [0.4, 0.5) is 5.69 Å². The van der Waals surface area contributed by atoms with Crippen molar-refractivity contribution in [1.82, 2.24) is 5.32 Å². The van der Waals surface area contributed by atoms with Crippen LogP contribution in [0.15, 0.2) is 54.6 Å². The molecule has 128 valence electrons. The lowest BCUT2D eigenvalue weighted by atomic mass is 9.79. The van der Waals surface area contributed by atoms with Crippen LogP contribution in [-0.4, -0.2) is 18.3 Å². The molecule has 2 aromatic rings. The molecule has 2 rings (SSSR count). The summed E-state index contributed by atoms with van der Waals surface area (Å²) < 4.78 is 5.23. The van der Waals surface area contributed by atoms with Gasteiger partial charge in [-0.05, 0) is 48.7 Å². The zero-order chi connectivity index (χ0) is 17.6. The van der Waals surface area contributed by atoms with E-state index in [1.54, 1.807) is 7.11 Å². The van der Waals surface area contributed by atoms with E-state index in [9.17, 15) is 0 Å². The number of rotatable bonds is 6. The van der Waals surface area contributed by atoms with E-state index in [4.69, 9.17) is 17.0 Å². The molecule has 2 N–H and O–H groups in total. The first-order valence-corrected chi connectivity index (χ1v) is 8.58. The summed E-state index contributed by atoms with van der Waals surface area (Å²) in [6.45, 7) is 6.68. The number of methoxy groups -OCH3 is 1. The summed E-state index contributed by atoms with van der Waals surface area (Å²) in [6, 6.07) is 18.6. The highest BCUT2D eigenvalue weighted by Crippen LogP contribution is 2.28. The third-order valence-electron chi connectivity index (χ3n) is 4.08. The molecule has 0 saturated heterocycles. The average molecular weight is 343 g/mol. The Bertz CT molecular complexity index is 670. The van der Waals surface area contributed by atoms with Crippen LogP contribution in [0.1, 0.15) is 32.8 Å². The van der Waals surface area contributed by atoms with E-state index in [0.29, 0.717) is 5.11 Å². The normalized spacial score (nSPS) is 12.3. The van der Waals surface area contributed by atoms with Gasteiger partial charge in [-0.15, -0.1) is 0 Å². The van der Waals surface area contributed by atoms with Gasteiger partial charge in [0.15, 0.2) is 5.11 Å². The maximum atomic E-state index is 5.43. The zero-order valence-electron chi connectivity index (χ0n) is 14.8. The smallest absolute Gasteiger partial charge is 0.170 e. The van der Waals surface area contributed by atoms with E-state index in [0.717, 1.165) is 17.9 Å². The van der Waals surface area contributed by atoms with Gasteiger partial charge in [0.1, 0.15) is 5.75 Å². The van der Waals surface area contributed by atoms with Gasteiger partial charge in [-0.1, -0.05) is 50.2 Å². The summed E-state index contributed by atoms with van der Waals surface area (Å²) in [5.41, 5.74) is 2.34. The predicted octanol–water partition coefficient (Wildman–Crippen LogP) is 4.74. The number of nitrogens with one attached hydrogen (secondary N) is 2. The molecule has 0 radical (unpaired) electrons. The van der Waals surface area contributed by atoms with Crippen molar-refractivity contribution >= 4 is 23.0 Å². The molecule has 1 unspecified atom stereocenters. The van der Waals surface area contributed by atoms with Crippen LogP contribution in [0.3, 0.4) is 0 Å². The van der Waals surface area contributed by atoms with Crippen molar-refractivity contribution in [1.29, 1.82) is 0 Å². The van der Waals surface area contributed by atoms with Crippen LogP contribution >= 0.6 is 12.2 Å². The molecule has 0 amide bonds. The van der Waals surface area contributed by atoms with Crippen LogP contribution in [0.2, 0.25) is 0 Å². The van der Waals surface area contributed by atoms with Crippen molar-refractivity contribution in [2.24, 2.45) is 0 Å². The first kappa shape index (κ1) is 18.3. The van der Waals surface area contributed by atoms with Gasteiger partial charge in [-0.2, -0.15) is 0 Å². The van der Waals surface area contributed by atoms with E-state index in [2.05, 4.69) is 61.7 Å². The molecule has 0 aliphatic heterocycles. The highest BCUT2D eigenvalue weighted by Gasteiger charge is 2.23. The maximum absolute atomic E-state index is 5.43. The van der Waals surface area contributed by atoms with Crippen molar-refractivity contribution in [2.45, 2.75) is 38.6 Å². The SMILES string of the molecule is COc1cccc(NC(=S)NC(C)CC(C)(C)c2ccccc2)c1. The molecule has 0 bridgehead atoms. The fraction of sp³-hybridized carbons (Fsp3) is 0.350. The Kier molecular flexibility index (Phi) is 6.21. The number of hydrogen-bond donors (Lipinski definition) is 2. The lowest BCUT2D eigenvalue weighted by molar-refractivity contribution is 0.415. The Morgan fingerprint density at radius 2 is 1.83 bits per heavy atom. The minimum atomic E-state index is 0.0826. The van der Waals surface area contributed by atoms with Crippen molar-refractivity contribution in [3.63, 3.8) is 0 Å². The average Bonchev–Trinajstić information content (AvgIpc) is 2.55. The molecular formula is C20H26N2OS. The van der Waals surface area contributed by atoms with Crippen LogP contribution in [0.25, 0.3) is 0 Å². The second-order valence-corrected chi connectivity index (χ2v) is 7.09. The summed E-state index contributed by atoms with van der Waals surface area (Å²) in [6.07, 6.45) is 0.983. The van der Waals surface area contributed by atoms with Crippen LogP contribution in [0, 0.1) is 0 Å². The van der Waals surface area contributed by atoms with E-state index in [-0.39, 0.29) is 11.5 Å². The number of ether oxygens (including phenoxy) is 1. The van der Waals surface area contributed by atoms with E-state index in [1.165, 1.54) is 5.56 Å². The summed E-state index contributed by atoms with van der Waals surface area (Å²) in [5, 5.41) is 7.21. The molecule has 3 nitrogen and oxygen atoms in total. The van der Waals surface area contributed by atoms with Gasteiger partial charge in [-0.25, -0.2) is 0 Å². The number of anilines is 1. The molecule has 0 heterocycles. The monoisotopic (exact) mass is 342 g/mol. The summed E-state index contributed by atoms with van der Waals surface area (Å²) in [7, 11) is 1.66. The fourth-order valence-corrected chi connectivity index (χ4v) is 3.23. The Morgan fingerprint density at radius 1 is 1.12 bits per heavy atom. The molecule has 0 spiro atoms. The van der Waals surface area contributed by atoms with Crippen LogP contribution < -0.4 is 15.4 Å². The molecule has 4 heteroatoms. The van der Waals surface area contributed by atoms with Crippen LogP contribution in [0.5, 0.6) is 5.75 Å². The number of thiocarbonyl (C=S) groups is 1. The van der Waals surface area contributed by atoms with E-state index in [1.807, 2.05) is 24.3 Å². The second kappa shape index (κ2) is 8.15. The minimum Gasteiger partial charge on any atom is -0.497 e. The first-order chi connectivity index (χ1) is 11.4. The topological polar surface area (TPSA) is 33.3 Å². The third kappa shape index (κ3) is 5.24. The van der Waals surface area contributed by atoms with Gasteiger partial charge in [0.05, 0.1) is 7.11 Å². The Morgan fingerprint density at radius 3 is 2.50 bits per heavy atom. The Hall–Kier alpha value is -2.07. The lowest BCUT2D eigenvalue weighted by Crippen LogP contribution is -2.39. The van der Waals surface area contributed by atoms with E-state index >= 15 is 0 Å². The highest BCUT2D eigenvalue weighted by molar-refractivity contribution is 7.80. The number of hydrogen-bond acceptors (Lipinski definition) is 2. The Labute approximate surface area is 150 Å². The molecule has 1 atom stereocenters. The highest BCUT2D eigenvalue weighted by atomic mass is 32.1. The summed E-state index contributed by atoms with van der Waals surface area (Å²) in [4.78, 5) is 0. The lowest BCUT2D eigenvalue weighted by Gasteiger charge is -2.29. The van der Waals surface area contributed by atoms with Gasteiger partial charge in [0.2, 0.25) is 0 Å². The predicted molar refractivity (Wildman–Crippen MR) is 106 cm³/mol. The van der Waals surface area contributed by atoms with Crippen molar-refractivity contribution in [3.8, 4) is 5.75 Å². The molecule has 0 saturated carbocycles. The van der Waals surface area contributed by atoms with Gasteiger partial charge < -0.3 is 15.4 Å². The summed E-state index contributed by atoms with van der Waals surface area (Å²) in [5.74, 6) is 0.807. The fourth-order valence-electron chi connectivity index (χ4n) is 2.92. The molecule has 0 fully saturated rings. The van der Waals surface area contributed by atoms with Gasteiger partial charge in [0, 0.05) is 17.8 Å². The van der Waals surface area contributed by atoms with Crippen molar-refractivity contribution < 1.29 is 4.74 Å². The minimum absolute atomic E-state index is 0.0826. The number of benzene rings is 2. The van der Waals surface area contributed by atoms with E-state index < -0.39 is 0 Å². The quantitative estimate of drug-likeness (QED) is 0.743. The summed E-state index contributed by atoms with van der Waals surface area (Å²) >= 11 is 5.43. The second-order valence-electron chi connectivity index (χ2n) is 6.69. The molecule has 0 aliphatic carbocycles. The van der Waals surface area contributed by atoms with Gasteiger partial charge >= 0.3 is 0 Å². The molecular weight excluding hydrogens is 316 g/mol. The molecule has 2 aromatic carbocycles. The van der Waals surface area contributed by atoms with Gasteiger partial charge in [-0.3, -0.25) is 0 Å². The molecule has 24 heavy (non-hydrogen) atoms. The van der Waals surface area contributed by atoms with Crippen molar-refractivity contribution in [2.75, 3.05) is 12.4 Å². The van der Waals surface area contributed by atoms with Crippen LogP contribution in [-0.2, 0) is 5.41 Å². The maximum Gasteiger partial charge on any atom is 0.170 e. The standard InChI is InChI=1S/C20H26N2OS/c1-15(14-20(2,3)16-9-6-5-7-10-16)21-19(24)22-17-11-8-12-18(13-17)23-4/h5-13,15H,14H2,1-4H3,(H2,21,22,24). The van der Waals surface area contributed by atoms with Crippen molar-refractivity contribution in [3.05, 3.63) is 60.2 Å².